The van der Waals surface area contributed by atoms with Crippen molar-refractivity contribution in [1.82, 2.24) is 10.2 Å². The van der Waals surface area contributed by atoms with Gasteiger partial charge in [0.2, 0.25) is 0 Å². The van der Waals surface area contributed by atoms with E-state index < -0.39 is 5.97 Å². The number of aryl methyl sites for hydroxylation is 1. The van der Waals surface area contributed by atoms with Gasteiger partial charge >= 0.3 is 5.97 Å². The molecule has 5 nitrogen and oxygen atoms in total. The van der Waals surface area contributed by atoms with E-state index in [0.29, 0.717) is 22.0 Å². The van der Waals surface area contributed by atoms with Crippen LogP contribution in [-0.4, -0.2) is 28.4 Å². The van der Waals surface area contributed by atoms with Gasteiger partial charge in [-0.05, 0) is 31.5 Å². The number of nitrogens with zero attached hydrogens (tertiary/aromatic N) is 2. The average molecular weight is 290 g/mol. The largest absolute Gasteiger partial charge is 0.496 e. The lowest BCUT2D eigenvalue weighted by molar-refractivity contribution is 0.0690. The minimum atomic E-state index is -1.00. The van der Waals surface area contributed by atoms with Gasteiger partial charge in [0.05, 0.1) is 23.3 Å². The molecule has 1 N–H and O–H groups in total. The van der Waals surface area contributed by atoms with E-state index in [9.17, 15) is 9.90 Å². The molecule has 0 atom stereocenters. The van der Waals surface area contributed by atoms with Crippen LogP contribution < -0.4 is 4.74 Å². The number of carboxylic acids is 1. The maximum atomic E-state index is 11.4. The summed E-state index contributed by atoms with van der Waals surface area (Å²) in [5, 5.41) is 17.7. The minimum Gasteiger partial charge on any atom is -0.496 e. The molecule has 0 aliphatic heterocycles. The number of benzene rings is 1. The monoisotopic (exact) mass is 290 g/mol. The Kier molecular flexibility index (Phi) is 4.24. The summed E-state index contributed by atoms with van der Waals surface area (Å²) in [5.74, 6) is -0.327. The SMILES string of the molecule is COc1ccccc1Sc1nnc(C)c(C)c1C(=O)O. The van der Waals surface area contributed by atoms with Crippen LogP contribution in [0.3, 0.4) is 0 Å². The molecular formula is C14H14N2O3S. The second kappa shape index (κ2) is 5.92. The molecule has 0 unspecified atom stereocenters. The zero-order valence-corrected chi connectivity index (χ0v) is 12.2. The molecule has 0 amide bonds. The highest BCUT2D eigenvalue weighted by molar-refractivity contribution is 7.99. The summed E-state index contributed by atoms with van der Waals surface area (Å²) in [6, 6.07) is 7.39. The average Bonchev–Trinajstić information content (AvgIpc) is 2.43. The fourth-order valence-electron chi connectivity index (χ4n) is 1.72. The molecule has 104 valence electrons. The number of rotatable bonds is 4. The van der Waals surface area contributed by atoms with Gasteiger partial charge in [-0.25, -0.2) is 4.79 Å². The van der Waals surface area contributed by atoms with Crippen molar-refractivity contribution < 1.29 is 14.6 Å². The van der Waals surface area contributed by atoms with Crippen LogP contribution in [0.2, 0.25) is 0 Å². The molecule has 2 rings (SSSR count). The number of hydrogen-bond acceptors (Lipinski definition) is 5. The number of ether oxygens (including phenoxy) is 1. The molecule has 0 radical (unpaired) electrons. The van der Waals surface area contributed by atoms with E-state index in [0.717, 1.165) is 4.90 Å². The summed E-state index contributed by atoms with van der Waals surface area (Å²) in [6.45, 7) is 3.48. The summed E-state index contributed by atoms with van der Waals surface area (Å²) in [6.07, 6.45) is 0. The highest BCUT2D eigenvalue weighted by Gasteiger charge is 2.19. The molecule has 1 heterocycles. The van der Waals surface area contributed by atoms with Crippen molar-refractivity contribution in [1.29, 1.82) is 0 Å². The first-order valence-electron chi connectivity index (χ1n) is 5.92. The highest BCUT2D eigenvalue weighted by Crippen LogP contribution is 2.36. The molecule has 0 fully saturated rings. The molecule has 0 aliphatic rings. The van der Waals surface area contributed by atoms with Crippen molar-refractivity contribution in [3.63, 3.8) is 0 Å². The predicted molar refractivity (Wildman–Crippen MR) is 75.6 cm³/mol. The third-order valence-corrected chi connectivity index (χ3v) is 3.95. The number of aromatic nitrogens is 2. The molecule has 20 heavy (non-hydrogen) atoms. The number of hydrogen-bond donors (Lipinski definition) is 1. The Bertz CT molecular complexity index is 659. The lowest BCUT2D eigenvalue weighted by Gasteiger charge is -2.10. The Labute approximate surface area is 121 Å². The molecule has 0 aliphatic carbocycles. The second-order valence-electron chi connectivity index (χ2n) is 4.15. The number of carbonyl (C=O) groups is 1. The van der Waals surface area contributed by atoms with Crippen molar-refractivity contribution in [3.8, 4) is 5.75 Å². The lowest BCUT2D eigenvalue weighted by Crippen LogP contribution is -2.08. The maximum Gasteiger partial charge on any atom is 0.338 e. The summed E-state index contributed by atoms with van der Waals surface area (Å²) in [4.78, 5) is 12.2. The minimum absolute atomic E-state index is 0.188. The van der Waals surface area contributed by atoms with Crippen molar-refractivity contribution in [2.45, 2.75) is 23.8 Å². The normalized spacial score (nSPS) is 10.3. The van der Waals surface area contributed by atoms with Crippen molar-refractivity contribution in [2.24, 2.45) is 0 Å². The molecule has 0 saturated heterocycles. The van der Waals surface area contributed by atoms with Gasteiger partial charge in [0.1, 0.15) is 10.8 Å². The van der Waals surface area contributed by atoms with Crippen LogP contribution in [0, 0.1) is 13.8 Å². The predicted octanol–water partition coefficient (Wildman–Crippen LogP) is 2.95. The van der Waals surface area contributed by atoms with Crippen LogP contribution in [0.4, 0.5) is 0 Å². The van der Waals surface area contributed by atoms with Crippen molar-refractivity contribution in [3.05, 3.63) is 41.1 Å². The van der Waals surface area contributed by atoms with Gasteiger partial charge in [-0.15, -0.1) is 5.10 Å². The van der Waals surface area contributed by atoms with Gasteiger partial charge in [-0.2, -0.15) is 5.10 Å². The third kappa shape index (κ3) is 2.75. The van der Waals surface area contributed by atoms with Gasteiger partial charge < -0.3 is 9.84 Å². The first-order chi connectivity index (χ1) is 9.54. The van der Waals surface area contributed by atoms with Crippen LogP contribution in [0.5, 0.6) is 5.75 Å². The van der Waals surface area contributed by atoms with E-state index in [1.165, 1.54) is 11.8 Å². The fraction of sp³-hybridized carbons (Fsp3) is 0.214. The topological polar surface area (TPSA) is 72.3 Å². The third-order valence-electron chi connectivity index (χ3n) is 2.91. The van der Waals surface area contributed by atoms with Crippen LogP contribution in [-0.2, 0) is 0 Å². The standard InChI is InChI=1S/C14H14N2O3S/c1-8-9(2)15-16-13(12(8)14(17)18)20-11-7-5-4-6-10(11)19-3/h4-7H,1-3H3,(H,17,18). The van der Waals surface area contributed by atoms with Gasteiger partial charge in [0.25, 0.3) is 0 Å². The van der Waals surface area contributed by atoms with E-state index in [-0.39, 0.29) is 5.56 Å². The lowest BCUT2D eigenvalue weighted by atomic mass is 10.1. The maximum absolute atomic E-state index is 11.4. The Morgan fingerprint density at radius 2 is 1.95 bits per heavy atom. The molecule has 0 saturated carbocycles. The first kappa shape index (κ1) is 14.3. The van der Waals surface area contributed by atoms with E-state index in [1.807, 2.05) is 24.3 Å². The Morgan fingerprint density at radius 3 is 2.60 bits per heavy atom. The first-order valence-corrected chi connectivity index (χ1v) is 6.74. The van der Waals surface area contributed by atoms with E-state index in [1.54, 1.807) is 21.0 Å². The smallest absolute Gasteiger partial charge is 0.338 e. The van der Waals surface area contributed by atoms with E-state index in [2.05, 4.69) is 10.2 Å². The summed E-state index contributed by atoms with van der Waals surface area (Å²) < 4.78 is 5.26. The van der Waals surface area contributed by atoms with Gasteiger partial charge in [-0.1, -0.05) is 23.9 Å². The molecule has 2 aromatic rings. The van der Waals surface area contributed by atoms with Crippen molar-refractivity contribution in [2.75, 3.05) is 7.11 Å². The van der Waals surface area contributed by atoms with Crippen LogP contribution >= 0.6 is 11.8 Å². The number of carboxylic acid groups (broad SMARTS) is 1. The van der Waals surface area contributed by atoms with E-state index in [4.69, 9.17) is 4.74 Å². The number of para-hydroxylation sites is 1. The Morgan fingerprint density at radius 1 is 1.25 bits per heavy atom. The fourth-order valence-corrected chi connectivity index (χ4v) is 2.75. The molecule has 0 spiro atoms. The second-order valence-corrected chi connectivity index (χ2v) is 5.18. The van der Waals surface area contributed by atoms with Gasteiger partial charge in [-0.3, -0.25) is 0 Å². The molecular weight excluding hydrogens is 276 g/mol. The van der Waals surface area contributed by atoms with Crippen LogP contribution in [0.15, 0.2) is 34.2 Å². The molecule has 1 aromatic heterocycles. The Hall–Kier alpha value is -2.08. The van der Waals surface area contributed by atoms with Gasteiger partial charge in [0.15, 0.2) is 0 Å². The zero-order chi connectivity index (χ0) is 14.7. The number of aromatic carboxylic acids is 1. The van der Waals surface area contributed by atoms with Crippen LogP contribution in [0.25, 0.3) is 0 Å². The quantitative estimate of drug-likeness (QED) is 0.933. The van der Waals surface area contributed by atoms with E-state index >= 15 is 0 Å². The molecule has 0 bridgehead atoms. The van der Waals surface area contributed by atoms with Gasteiger partial charge in [0, 0.05) is 0 Å². The van der Waals surface area contributed by atoms with Crippen molar-refractivity contribution >= 4 is 17.7 Å². The zero-order valence-electron chi connectivity index (χ0n) is 11.4. The summed E-state index contributed by atoms with van der Waals surface area (Å²) in [7, 11) is 1.57. The Balaban J connectivity index is 2.49. The highest BCUT2D eigenvalue weighted by atomic mass is 32.2. The number of methoxy groups -OCH3 is 1. The molecule has 1 aromatic carbocycles. The van der Waals surface area contributed by atoms with Crippen LogP contribution in [0.1, 0.15) is 21.6 Å². The molecule has 6 heteroatoms. The summed E-state index contributed by atoms with van der Waals surface area (Å²) >= 11 is 1.24. The summed E-state index contributed by atoms with van der Waals surface area (Å²) in [5.41, 5.74) is 1.44.